The van der Waals surface area contributed by atoms with Crippen LogP contribution in [-0.4, -0.2) is 35.2 Å². The monoisotopic (exact) mass is 441 g/mol. The van der Waals surface area contributed by atoms with Crippen LogP contribution in [0.3, 0.4) is 0 Å². The van der Waals surface area contributed by atoms with E-state index in [0.29, 0.717) is 25.5 Å². The molecule has 0 fully saturated rings. The second kappa shape index (κ2) is 8.94. The van der Waals surface area contributed by atoms with Gasteiger partial charge in [-0.05, 0) is 36.2 Å². The van der Waals surface area contributed by atoms with E-state index in [1.54, 1.807) is 12.5 Å². The molecular formula is C26H23N3O2S. The Bertz CT molecular complexity index is 1400. The lowest BCUT2D eigenvalue weighted by Crippen LogP contribution is -2.28. The largest absolute Gasteiger partial charge is 0.380 e. The van der Waals surface area contributed by atoms with Crippen molar-refractivity contribution in [2.75, 3.05) is 19.8 Å². The third-order valence-corrected chi connectivity index (χ3v) is 6.67. The number of fused-ring (bicyclic) bond motifs is 3. The first-order valence-corrected chi connectivity index (χ1v) is 11.5. The zero-order valence-corrected chi connectivity index (χ0v) is 18.6. The van der Waals surface area contributed by atoms with Gasteiger partial charge in [0.2, 0.25) is 0 Å². The van der Waals surface area contributed by atoms with E-state index in [1.807, 2.05) is 35.0 Å². The molecule has 32 heavy (non-hydrogen) atoms. The normalized spacial score (nSPS) is 11.3. The van der Waals surface area contributed by atoms with E-state index in [1.165, 1.54) is 25.7 Å². The first kappa shape index (κ1) is 20.4. The minimum absolute atomic E-state index is 0.167. The Morgan fingerprint density at radius 3 is 2.81 bits per heavy atom. The summed E-state index contributed by atoms with van der Waals surface area (Å²) in [4.78, 5) is 16.9. The van der Waals surface area contributed by atoms with Gasteiger partial charge < -0.3 is 10.1 Å². The maximum absolute atomic E-state index is 12.7. The van der Waals surface area contributed by atoms with Gasteiger partial charge in [-0.3, -0.25) is 9.36 Å². The van der Waals surface area contributed by atoms with Crippen molar-refractivity contribution in [3.63, 3.8) is 0 Å². The molecule has 5 aromatic rings. The minimum Gasteiger partial charge on any atom is -0.380 e. The summed E-state index contributed by atoms with van der Waals surface area (Å²) >= 11 is 1.81. The summed E-state index contributed by atoms with van der Waals surface area (Å²) in [7, 11) is 0. The van der Waals surface area contributed by atoms with E-state index in [-0.39, 0.29) is 5.91 Å². The van der Waals surface area contributed by atoms with Crippen LogP contribution in [0, 0.1) is 0 Å². The molecule has 0 saturated heterocycles. The standard InChI is InChI=1S/C26H23N3O2S/c1-2-31-14-13-28-26(30)23-16-27-17-29(23)19-8-5-7-18(15-19)20-10-6-11-22-21-9-3-4-12-24(21)32-25(20)22/h3-12,15-17H,2,13-14H2,1H3,(H,28,30). The highest BCUT2D eigenvalue weighted by Crippen LogP contribution is 2.40. The van der Waals surface area contributed by atoms with Crippen LogP contribution in [0.15, 0.2) is 79.3 Å². The predicted octanol–water partition coefficient (Wildman–Crippen LogP) is 5.67. The first-order valence-electron chi connectivity index (χ1n) is 10.7. The average molecular weight is 442 g/mol. The van der Waals surface area contributed by atoms with Crippen LogP contribution in [0.4, 0.5) is 0 Å². The summed E-state index contributed by atoms with van der Waals surface area (Å²) in [6.45, 7) is 3.52. The van der Waals surface area contributed by atoms with Crippen LogP contribution in [-0.2, 0) is 4.74 Å². The number of nitrogens with zero attached hydrogens (tertiary/aromatic N) is 2. The molecule has 5 rings (SSSR count). The molecule has 1 amide bonds. The summed E-state index contributed by atoms with van der Waals surface area (Å²) in [5.74, 6) is -0.167. The van der Waals surface area contributed by atoms with E-state index in [0.717, 1.165) is 11.3 Å². The lowest BCUT2D eigenvalue weighted by atomic mass is 10.0. The highest BCUT2D eigenvalue weighted by Gasteiger charge is 2.14. The van der Waals surface area contributed by atoms with Gasteiger partial charge in [-0.25, -0.2) is 4.98 Å². The van der Waals surface area contributed by atoms with Gasteiger partial charge in [-0.2, -0.15) is 0 Å². The second-order valence-electron chi connectivity index (χ2n) is 7.43. The van der Waals surface area contributed by atoms with Crippen molar-refractivity contribution in [3.8, 4) is 16.8 Å². The number of imidazole rings is 1. The van der Waals surface area contributed by atoms with Crippen LogP contribution in [0.2, 0.25) is 0 Å². The van der Waals surface area contributed by atoms with Crippen LogP contribution in [0.25, 0.3) is 37.0 Å². The lowest BCUT2D eigenvalue weighted by Gasteiger charge is -2.11. The van der Waals surface area contributed by atoms with Gasteiger partial charge in [0.15, 0.2) is 0 Å². The van der Waals surface area contributed by atoms with Crippen LogP contribution < -0.4 is 5.32 Å². The molecule has 3 aromatic carbocycles. The summed E-state index contributed by atoms with van der Waals surface area (Å²) in [6.07, 6.45) is 3.27. The number of rotatable bonds is 7. The second-order valence-corrected chi connectivity index (χ2v) is 8.48. The van der Waals surface area contributed by atoms with Crippen molar-refractivity contribution >= 4 is 37.4 Å². The lowest BCUT2D eigenvalue weighted by molar-refractivity contribution is 0.0916. The molecule has 0 aliphatic heterocycles. The van der Waals surface area contributed by atoms with Gasteiger partial charge in [0.05, 0.1) is 19.1 Å². The van der Waals surface area contributed by atoms with Gasteiger partial charge in [0.25, 0.3) is 5.91 Å². The van der Waals surface area contributed by atoms with E-state index >= 15 is 0 Å². The van der Waals surface area contributed by atoms with Crippen molar-refractivity contribution in [1.29, 1.82) is 0 Å². The van der Waals surface area contributed by atoms with E-state index in [2.05, 4.69) is 64.9 Å². The summed E-state index contributed by atoms with van der Waals surface area (Å²) < 4.78 is 9.68. The number of carbonyl (C=O) groups is 1. The number of thiophene rings is 1. The van der Waals surface area contributed by atoms with Gasteiger partial charge in [-0.1, -0.05) is 48.5 Å². The fourth-order valence-corrected chi connectivity index (χ4v) is 5.18. The van der Waals surface area contributed by atoms with Crippen molar-refractivity contribution in [3.05, 3.63) is 84.9 Å². The zero-order valence-electron chi connectivity index (χ0n) is 17.7. The molecule has 0 aliphatic rings. The van der Waals surface area contributed by atoms with Crippen molar-refractivity contribution in [2.24, 2.45) is 0 Å². The number of aromatic nitrogens is 2. The van der Waals surface area contributed by atoms with Crippen LogP contribution >= 0.6 is 11.3 Å². The maximum Gasteiger partial charge on any atom is 0.270 e. The summed E-state index contributed by atoms with van der Waals surface area (Å²) in [6, 6.07) is 23.2. The molecule has 5 nitrogen and oxygen atoms in total. The summed E-state index contributed by atoms with van der Waals surface area (Å²) in [5, 5.41) is 5.44. The van der Waals surface area contributed by atoms with E-state index < -0.39 is 0 Å². The Kier molecular flexibility index (Phi) is 5.71. The highest BCUT2D eigenvalue weighted by molar-refractivity contribution is 7.26. The van der Waals surface area contributed by atoms with Gasteiger partial charge >= 0.3 is 0 Å². The molecule has 0 aliphatic carbocycles. The molecule has 160 valence electrons. The molecule has 0 spiro atoms. The molecule has 0 bridgehead atoms. The average Bonchev–Trinajstić information content (AvgIpc) is 3.47. The number of ether oxygens (including phenoxy) is 1. The fourth-order valence-electron chi connectivity index (χ4n) is 3.94. The Morgan fingerprint density at radius 2 is 1.91 bits per heavy atom. The Hall–Kier alpha value is -3.48. The van der Waals surface area contributed by atoms with Gasteiger partial charge in [-0.15, -0.1) is 11.3 Å². The maximum atomic E-state index is 12.7. The van der Waals surface area contributed by atoms with E-state index in [4.69, 9.17) is 4.74 Å². The number of nitrogens with one attached hydrogen (secondary N) is 1. The smallest absolute Gasteiger partial charge is 0.270 e. The highest BCUT2D eigenvalue weighted by atomic mass is 32.1. The number of benzene rings is 3. The van der Waals surface area contributed by atoms with Crippen molar-refractivity contribution in [1.82, 2.24) is 14.9 Å². The predicted molar refractivity (Wildman–Crippen MR) is 131 cm³/mol. The number of hydrogen-bond acceptors (Lipinski definition) is 4. The molecule has 0 atom stereocenters. The third kappa shape index (κ3) is 3.79. The molecule has 0 saturated carbocycles. The first-order chi connectivity index (χ1) is 15.8. The Balaban J connectivity index is 1.51. The fraction of sp³-hybridized carbons (Fsp3) is 0.154. The van der Waals surface area contributed by atoms with Gasteiger partial charge in [0, 0.05) is 39.0 Å². The Labute approximate surface area is 190 Å². The zero-order chi connectivity index (χ0) is 21.9. The molecule has 0 unspecified atom stereocenters. The molecular weight excluding hydrogens is 418 g/mol. The SMILES string of the molecule is CCOCCNC(=O)c1cncn1-c1cccc(-c2cccc3c2sc2ccccc23)c1. The third-order valence-electron chi connectivity index (χ3n) is 5.45. The quantitative estimate of drug-likeness (QED) is 0.331. The molecule has 2 heterocycles. The van der Waals surface area contributed by atoms with Crippen molar-refractivity contribution in [2.45, 2.75) is 6.92 Å². The summed E-state index contributed by atoms with van der Waals surface area (Å²) in [5.41, 5.74) is 3.69. The molecule has 6 heteroatoms. The van der Waals surface area contributed by atoms with Gasteiger partial charge in [0.1, 0.15) is 5.69 Å². The number of hydrogen-bond donors (Lipinski definition) is 1. The number of carbonyl (C=O) groups excluding carboxylic acids is 1. The van der Waals surface area contributed by atoms with Crippen LogP contribution in [0.5, 0.6) is 0 Å². The molecule has 2 aromatic heterocycles. The number of amides is 1. The van der Waals surface area contributed by atoms with Crippen molar-refractivity contribution < 1.29 is 9.53 Å². The molecule has 0 radical (unpaired) electrons. The van der Waals surface area contributed by atoms with Crippen LogP contribution in [0.1, 0.15) is 17.4 Å². The Morgan fingerprint density at radius 1 is 1.06 bits per heavy atom. The topological polar surface area (TPSA) is 56.1 Å². The minimum atomic E-state index is -0.167. The van der Waals surface area contributed by atoms with E-state index in [9.17, 15) is 4.79 Å². The molecule has 1 N–H and O–H groups in total.